The fourth-order valence-electron chi connectivity index (χ4n) is 1.74. The minimum Gasteiger partial charge on any atom is -0.480 e. The second-order valence-corrected chi connectivity index (χ2v) is 5.36. The molecule has 102 valence electrons. The van der Waals surface area contributed by atoms with E-state index < -0.39 is 12.0 Å². The van der Waals surface area contributed by atoms with Crippen molar-refractivity contribution in [2.24, 2.45) is 0 Å². The number of rotatable bonds is 3. The Balaban J connectivity index is 2.63. The zero-order valence-electron chi connectivity index (χ0n) is 10.8. The maximum Gasteiger partial charge on any atom is 0.322 e. The van der Waals surface area contributed by atoms with Crippen LogP contribution in [0.3, 0.4) is 0 Å². The summed E-state index contributed by atoms with van der Waals surface area (Å²) in [4.78, 5) is 35.3. The minimum absolute atomic E-state index is 0.0248. The third-order valence-electron chi connectivity index (χ3n) is 2.43. The summed E-state index contributed by atoms with van der Waals surface area (Å²) in [7, 11) is 0. The molecule has 0 radical (unpaired) electrons. The summed E-state index contributed by atoms with van der Waals surface area (Å²) >= 11 is 0. The molecule has 1 heterocycles. The summed E-state index contributed by atoms with van der Waals surface area (Å²) in [5, 5.41) is 14.2. The molecule has 0 saturated carbocycles. The summed E-state index contributed by atoms with van der Waals surface area (Å²) in [5.41, 5.74) is -0.381. The van der Waals surface area contributed by atoms with Crippen LogP contribution < -0.4 is 10.6 Å². The molecule has 1 rings (SSSR count). The number of carbonyl (C=O) groups is 3. The van der Waals surface area contributed by atoms with Gasteiger partial charge in [0.05, 0.1) is 13.1 Å². The highest BCUT2D eigenvalue weighted by molar-refractivity contribution is 5.85. The zero-order chi connectivity index (χ0) is 13.9. The number of hydrogen-bond acceptors (Lipinski definition) is 4. The fourth-order valence-corrected chi connectivity index (χ4v) is 1.74. The van der Waals surface area contributed by atoms with Crippen molar-refractivity contribution >= 4 is 17.8 Å². The lowest BCUT2D eigenvalue weighted by molar-refractivity contribution is -0.146. The van der Waals surface area contributed by atoms with Crippen LogP contribution in [0.25, 0.3) is 0 Å². The van der Waals surface area contributed by atoms with Crippen molar-refractivity contribution in [2.45, 2.75) is 32.4 Å². The fraction of sp³-hybridized carbons (Fsp3) is 0.727. The van der Waals surface area contributed by atoms with Crippen molar-refractivity contribution in [3.05, 3.63) is 0 Å². The first-order valence-electron chi connectivity index (χ1n) is 5.73. The molecule has 0 aromatic carbocycles. The maximum atomic E-state index is 11.7. The third-order valence-corrected chi connectivity index (χ3v) is 2.43. The van der Waals surface area contributed by atoms with Gasteiger partial charge in [-0.15, -0.1) is 0 Å². The predicted molar refractivity (Wildman–Crippen MR) is 63.9 cm³/mol. The molecule has 1 atom stereocenters. The Kier molecular flexibility index (Phi) is 4.28. The molecular weight excluding hydrogens is 238 g/mol. The highest BCUT2D eigenvalue weighted by atomic mass is 16.4. The molecule has 1 unspecified atom stereocenters. The second-order valence-electron chi connectivity index (χ2n) is 5.36. The van der Waals surface area contributed by atoms with Gasteiger partial charge in [-0.05, 0) is 20.8 Å². The molecule has 2 amide bonds. The monoisotopic (exact) mass is 257 g/mol. The van der Waals surface area contributed by atoms with Crippen molar-refractivity contribution in [3.63, 3.8) is 0 Å². The van der Waals surface area contributed by atoms with Gasteiger partial charge in [0.2, 0.25) is 11.8 Å². The average Bonchev–Trinajstić information content (AvgIpc) is 2.13. The van der Waals surface area contributed by atoms with Gasteiger partial charge in [0.15, 0.2) is 0 Å². The Morgan fingerprint density at radius 3 is 2.61 bits per heavy atom. The van der Waals surface area contributed by atoms with Crippen LogP contribution in [0.4, 0.5) is 0 Å². The molecule has 0 spiro atoms. The van der Waals surface area contributed by atoms with Gasteiger partial charge in [-0.25, -0.2) is 0 Å². The van der Waals surface area contributed by atoms with E-state index in [9.17, 15) is 14.4 Å². The number of aliphatic carboxylic acids is 1. The number of carbonyl (C=O) groups excluding carboxylic acids is 2. The highest BCUT2D eigenvalue weighted by Gasteiger charge is 2.33. The van der Waals surface area contributed by atoms with Gasteiger partial charge >= 0.3 is 5.97 Å². The van der Waals surface area contributed by atoms with Crippen molar-refractivity contribution in [1.82, 2.24) is 15.5 Å². The number of piperazine rings is 1. The van der Waals surface area contributed by atoms with Crippen LogP contribution in [0.2, 0.25) is 0 Å². The summed E-state index contributed by atoms with van der Waals surface area (Å²) < 4.78 is 0. The van der Waals surface area contributed by atoms with Crippen LogP contribution in [0.15, 0.2) is 0 Å². The Hall–Kier alpha value is -1.63. The first-order chi connectivity index (χ1) is 8.19. The van der Waals surface area contributed by atoms with E-state index in [1.54, 1.807) is 0 Å². The lowest BCUT2D eigenvalue weighted by Crippen LogP contribution is -2.60. The predicted octanol–water partition coefficient (Wildman–Crippen LogP) is -1.21. The van der Waals surface area contributed by atoms with E-state index in [0.717, 1.165) is 0 Å². The molecule has 18 heavy (non-hydrogen) atoms. The number of hydrogen-bond donors (Lipinski definition) is 3. The highest BCUT2D eigenvalue weighted by Crippen LogP contribution is 2.05. The SMILES string of the molecule is CC(C)(C)NC(=O)CN1CC(=O)NCC1C(=O)O. The van der Waals surface area contributed by atoms with Crippen molar-refractivity contribution in [1.29, 1.82) is 0 Å². The van der Waals surface area contributed by atoms with E-state index in [-0.39, 0.29) is 37.0 Å². The first-order valence-corrected chi connectivity index (χ1v) is 5.73. The van der Waals surface area contributed by atoms with Crippen LogP contribution in [-0.4, -0.2) is 59.0 Å². The average molecular weight is 257 g/mol. The zero-order valence-corrected chi connectivity index (χ0v) is 10.8. The van der Waals surface area contributed by atoms with Gasteiger partial charge in [-0.2, -0.15) is 0 Å². The summed E-state index contributed by atoms with van der Waals surface area (Å²) in [6, 6.07) is -0.853. The van der Waals surface area contributed by atoms with Gasteiger partial charge in [0, 0.05) is 12.1 Å². The van der Waals surface area contributed by atoms with E-state index in [0.29, 0.717) is 0 Å². The normalized spacial score (nSPS) is 21.3. The van der Waals surface area contributed by atoms with E-state index in [2.05, 4.69) is 10.6 Å². The van der Waals surface area contributed by atoms with Gasteiger partial charge < -0.3 is 15.7 Å². The van der Waals surface area contributed by atoms with Crippen LogP contribution >= 0.6 is 0 Å². The van der Waals surface area contributed by atoms with Crippen LogP contribution in [0.1, 0.15) is 20.8 Å². The standard InChI is InChI=1S/C11H19N3O4/c1-11(2,3)13-9(16)6-14-5-8(15)12-4-7(14)10(17)18/h7H,4-6H2,1-3H3,(H,12,15)(H,13,16)(H,17,18). The maximum absolute atomic E-state index is 11.7. The molecule has 1 aliphatic heterocycles. The van der Waals surface area contributed by atoms with E-state index in [1.807, 2.05) is 20.8 Å². The molecule has 7 heteroatoms. The Morgan fingerprint density at radius 2 is 2.11 bits per heavy atom. The largest absolute Gasteiger partial charge is 0.480 e. The topological polar surface area (TPSA) is 98.7 Å². The van der Waals surface area contributed by atoms with Crippen LogP contribution in [0, 0.1) is 0 Å². The van der Waals surface area contributed by atoms with E-state index in [4.69, 9.17) is 5.11 Å². The molecule has 0 aromatic rings. The van der Waals surface area contributed by atoms with Crippen LogP contribution in [0.5, 0.6) is 0 Å². The molecular formula is C11H19N3O4. The molecule has 0 bridgehead atoms. The quantitative estimate of drug-likeness (QED) is 0.589. The molecule has 0 aliphatic carbocycles. The number of amides is 2. The molecule has 0 aromatic heterocycles. The second kappa shape index (κ2) is 5.34. The Labute approximate surface area is 106 Å². The van der Waals surface area contributed by atoms with Gasteiger partial charge in [-0.1, -0.05) is 0 Å². The summed E-state index contributed by atoms with van der Waals surface area (Å²) in [6.45, 7) is 5.36. The summed E-state index contributed by atoms with van der Waals surface area (Å²) in [5.74, 6) is -1.60. The van der Waals surface area contributed by atoms with E-state index in [1.165, 1.54) is 4.90 Å². The smallest absolute Gasteiger partial charge is 0.322 e. The van der Waals surface area contributed by atoms with E-state index >= 15 is 0 Å². The number of nitrogens with one attached hydrogen (secondary N) is 2. The molecule has 1 saturated heterocycles. The Bertz CT molecular complexity index is 362. The van der Waals surface area contributed by atoms with Gasteiger partial charge in [0.25, 0.3) is 0 Å². The van der Waals surface area contributed by atoms with Gasteiger partial charge in [-0.3, -0.25) is 19.3 Å². The summed E-state index contributed by atoms with van der Waals surface area (Å²) in [6.07, 6.45) is 0. The van der Waals surface area contributed by atoms with Gasteiger partial charge in [0.1, 0.15) is 6.04 Å². The van der Waals surface area contributed by atoms with Crippen molar-refractivity contribution in [2.75, 3.05) is 19.6 Å². The Morgan fingerprint density at radius 1 is 1.50 bits per heavy atom. The number of carboxylic acids is 1. The number of carboxylic acid groups (broad SMARTS) is 1. The molecule has 7 nitrogen and oxygen atoms in total. The first kappa shape index (κ1) is 14.4. The molecule has 1 fully saturated rings. The van der Waals surface area contributed by atoms with Crippen molar-refractivity contribution < 1.29 is 19.5 Å². The lowest BCUT2D eigenvalue weighted by Gasteiger charge is -2.32. The lowest BCUT2D eigenvalue weighted by atomic mass is 10.1. The molecule has 1 aliphatic rings. The van der Waals surface area contributed by atoms with Crippen LogP contribution in [-0.2, 0) is 14.4 Å². The minimum atomic E-state index is -1.04. The van der Waals surface area contributed by atoms with Crippen molar-refractivity contribution in [3.8, 4) is 0 Å². The third kappa shape index (κ3) is 4.33. The molecule has 3 N–H and O–H groups in total. The number of nitrogens with zero attached hydrogens (tertiary/aromatic N) is 1.